The first kappa shape index (κ1) is 16.6. The van der Waals surface area contributed by atoms with E-state index >= 15 is 0 Å². The first-order valence-electron chi connectivity index (χ1n) is 8.02. The van der Waals surface area contributed by atoms with E-state index in [9.17, 15) is 4.79 Å². The summed E-state index contributed by atoms with van der Waals surface area (Å²) in [6.07, 6.45) is -0.0114. The molecule has 0 aliphatic carbocycles. The van der Waals surface area contributed by atoms with Crippen molar-refractivity contribution in [3.8, 4) is 0 Å². The van der Waals surface area contributed by atoms with Crippen molar-refractivity contribution in [3.63, 3.8) is 0 Å². The molecule has 3 rings (SSSR count). The van der Waals surface area contributed by atoms with Crippen LogP contribution in [0.2, 0.25) is 0 Å². The summed E-state index contributed by atoms with van der Waals surface area (Å²) in [5.74, 6) is -0.522. The third-order valence-corrected chi connectivity index (χ3v) is 4.12. The van der Waals surface area contributed by atoms with Crippen molar-refractivity contribution in [2.75, 3.05) is 0 Å². The lowest BCUT2D eigenvalue weighted by Gasteiger charge is -2.29. The maximum atomic E-state index is 12.4. The molecule has 1 fully saturated rings. The SMILES string of the molecule is CC(C)OC(=O)C1(N)CC(c2ccccc2)(c2ccccc2)ON1. The average Bonchev–Trinajstić information content (AvgIpc) is 2.97. The Morgan fingerprint density at radius 1 is 1.08 bits per heavy atom. The molecule has 5 nitrogen and oxygen atoms in total. The summed E-state index contributed by atoms with van der Waals surface area (Å²) >= 11 is 0. The van der Waals surface area contributed by atoms with E-state index in [1.807, 2.05) is 60.7 Å². The standard InChI is InChI=1S/C19H22N2O3/c1-14(2)23-17(22)19(20)13-18(24-21-19,15-9-5-3-6-10-15)16-11-7-4-8-12-16/h3-12,14,21H,13,20H2,1-2H3. The van der Waals surface area contributed by atoms with Crippen LogP contribution < -0.4 is 11.2 Å². The first-order chi connectivity index (χ1) is 11.5. The fourth-order valence-corrected chi connectivity index (χ4v) is 2.98. The van der Waals surface area contributed by atoms with Crippen LogP contribution >= 0.6 is 0 Å². The Bertz CT molecular complexity index is 664. The molecule has 126 valence electrons. The molecule has 1 heterocycles. The number of carbonyl (C=O) groups excluding carboxylic acids is 1. The van der Waals surface area contributed by atoms with Crippen molar-refractivity contribution < 1.29 is 14.4 Å². The van der Waals surface area contributed by atoms with E-state index < -0.39 is 17.2 Å². The van der Waals surface area contributed by atoms with Crippen LogP contribution in [0.25, 0.3) is 0 Å². The molecule has 1 aliphatic heterocycles. The van der Waals surface area contributed by atoms with E-state index in [4.69, 9.17) is 15.3 Å². The third kappa shape index (κ3) is 2.94. The number of carbonyl (C=O) groups is 1. The second-order valence-electron chi connectivity index (χ2n) is 6.37. The van der Waals surface area contributed by atoms with Gasteiger partial charge in [-0.25, -0.2) is 4.79 Å². The second kappa shape index (κ2) is 6.36. The quantitative estimate of drug-likeness (QED) is 0.844. The number of ether oxygens (including phenoxy) is 1. The Morgan fingerprint density at radius 3 is 2.04 bits per heavy atom. The van der Waals surface area contributed by atoms with Crippen molar-refractivity contribution in [3.05, 3.63) is 71.8 Å². The van der Waals surface area contributed by atoms with Crippen molar-refractivity contribution in [2.24, 2.45) is 5.73 Å². The van der Waals surface area contributed by atoms with Crippen LogP contribution in [-0.4, -0.2) is 17.7 Å². The number of esters is 1. The van der Waals surface area contributed by atoms with Crippen molar-refractivity contribution in [1.29, 1.82) is 0 Å². The largest absolute Gasteiger partial charge is 0.461 e. The van der Waals surface area contributed by atoms with E-state index in [1.54, 1.807) is 13.8 Å². The van der Waals surface area contributed by atoms with Gasteiger partial charge in [0.25, 0.3) is 0 Å². The Balaban J connectivity index is 2.02. The topological polar surface area (TPSA) is 73.6 Å². The van der Waals surface area contributed by atoms with Gasteiger partial charge in [-0.05, 0) is 25.0 Å². The van der Waals surface area contributed by atoms with Gasteiger partial charge in [0.05, 0.1) is 6.10 Å². The van der Waals surface area contributed by atoms with Crippen LogP contribution in [0.3, 0.4) is 0 Å². The summed E-state index contributed by atoms with van der Waals surface area (Å²) in [5, 5.41) is 0. The van der Waals surface area contributed by atoms with E-state index in [0.717, 1.165) is 11.1 Å². The Labute approximate surface area is 141 Å². The molecule has 1 aliphatic rings. The van der Waals surface area contributed by atoms with Crippen LogP contribution in [0.4, 0.5) is 0 Å². The smallest absolute Gasteiger partial charge is 0.343 e. The lowest BCUT2D eigenvalue weighted by Crippen LogP contribution is -2.56. The number of nitrogens with two attached hydrogens (primary N) is 1. The zero-order chi connectivity index (χ0) is 17.2. The highest BCUT2D eigenvalue weighted by Gasteiger charge is 2.54. The lowest BCUT2D eigenvalue weighted by atomic mass is 9.80. The predicted octanol–water partition coefficient (Wildman–Crippen LogP) is 2.46. The molecule has 1 saturated heterocycles. The summed E-state index contributed by atoms with van der Waals surface area (Å²) in [7, 11) is 0. The number of benzene rings is 2. The molecule has 1 unspecified atom stereocenters. The maximum absolute atomic E-state index is 12.4. The summed E-state index contributed by atoms with van der Waals surface area (Å²) in [6.45, 7) is 3.58. The van der Waals surface area contributed by atoms with Crippen LogP contribution in [0.1, 0.15) is 31.4 Å². The molecule has 0 amide bonds. The van der Waals surface area contributed by atoms with Crippen molar-refractivity contribution in [2.45, 2.75) is 37.6 Å². The van der Waals surface area contributed by atoms with Gasteiger partial charge in [-0.1, -0.05) is 60.7 Å². The Hall–Kier alpha value is -2.21. The number of rotatable bonds is 4. The highest BCUT2D eigenvalue weighted by Crippen LogP contribution is 2.43. The van der Waals surface area contributed by atoms with Gasteiger partial charge < -0.3 is 10.5 Å². The number of nitrogens with one attached hydrogen (secondary N) is 1. The van der Waals surface area contributed by atoms with Gasteiger partial charge in [-0.3, -0.25) is 4.84 Å². The molecule has 0 radical (unpaired) electrons. The predicted molar refractivity (Wildman–Crippen MR) is 90.6 cm³/mol. The first-order valence-corrected chi connectivity index (χ1v) is 8.02. The van der Waals surface area contributed by atoms with Gasteiger partial charge in [-0.2, -0.15) is 5.48 Å². The number of hydroxylamine groups is 1. The van der Waals surface area contributed by atoms with Gasteiger partial charge >= 0.3 is 5.97 Å². The molecule has 0 saturated carbocycles. The fraction of sp³-hybridized carbons (Fsp3) is 0.316. The Morgan fingerprint density at radius 2 is 1.58 bits per heavy atom. The van der Waals surface area contributed by atoms with Gasteiger partial charge in [0, 0.05) is 6.42 Å². The molecule has 2 aromatic rings. The molecule has 2 aromatic carbocycles. The van der Waals surface area contributed by atoms with Crippen LogP contribution in [0.5, 0.6) is 0 Å². The van der Waals surface area contributed by atoms with Gasteiger partial charge in [0.2, 0.25) is 0 Å². The van der Waals surface area contributed by atoms with E-state index in [-0.39, 0.29) is 12.5 Å². The van der Waals surface area contributed by atoms with E-state index in [0.29, 0.717) is 0 Å². The number of hydrogen-bond acceptors (Lipinski definition) is 5. The maximum Gasteiger partial charge on any atom is 0.343 e. The van der Waals surface area contributed by atoms with E-state index in [1.165, 1.54) is 0 Å². The van der Waals surface area contributed by atoms with Crippen LogP contribution in [0.15, 0.2) is 60.7 Å². The Kier molecular flexibility index (Phi) is 4.41. The minimum Gasteiger partial charge on any atom is -0.461 e. The fourth-order valence-electron chi connectivity index (χ4n) is 2.98. The average molecular weight is 326 g/mol. The normalized spacial score (nSPS) is 22.5. The zero-order valence-corrected chi connectivity index (χ0v) is 13.9. The van der Waals surface area contributed by atoms with Crippen molar-refractivity contribution >= 4 is 5.97 Å². The molecule has 5 heteroatoms. The molecule has 3 N–H and O–H groups in total. The molecule has 0 bridgehead atoms. The lowest BCUT2D eigenvalue weighted by molar-refractivity contribution is -0.158. The molecular formula is C19H22N2O3. The van der Waals surface area contributed by atoms with Gasteiger partial charge in [0.15, 0.2) is 5.66 Å². The summed E-state index contributed by atoms with van der Waals surface area (Å²) in [6, 6.07) is 19.5. The molecule has 24 heavy (non-hydrogen) atoms. The highest BCUT2D eigenvalue weighted by atomic mass is 16.7. The van der Waals surface area contributed by atoms with Gasteiger partial charge in [-0.15, -0.1) is 0 Å². The van der Waals surface area contributed by atoms with Gasteiger partial charge in [0.1, 0.15) is 5.60 Å². The molecule has 0 spiro atoms. The van der Waals surface area contributed by atoms with E-state index in [2.05, 4.69) is 5.48 Å². The summed E-state index contributed by atoms with van der Waals surface area (Å²) < 4.78 is 5.30. The third-order valence-electron chi connectivity index (χ3n) is 4.12. The summed E-state index contributed by atoms with van der Waals surface area (Å²) in [4.78, 5) is 18.4. The van der Waals surface area contributed by atoms with Crippen LogP contribution in [-0.2, 0) is 20.0 Å². The zero-order valence-electron chi connectivity index (χ0n) is 13.9. The minimum atomic E-state index is -1.41. The molecule has 0 aromatic heterocycles. The molecular weight excluding hydrogens is 304 g/mol. The minimum absolute atomic E-state index is 0.236. The molecule has 1 atom stereocenters. The monoisotopic (exact) mass is 326 g/mol. The number of hydrogen-bond donors (Lipinski definition) is 2. The van der Waals surface area contributed by atoms with Crippen molar-refractivity contribution in [1.82, 2.24) is 5.48 Å². The summed E-state index contributed by atoms with van der Waals surface area (Å²) in [5.41, 5.74) is 8.61. The highest BCUT2D eigenvalue weighted by molar-refractivity contribution is 5.80. The van der Waals surface area contributed by atoms with Crippen LogP contribution in [0, 0.1) is 0 Å². The second-order valence-corrected chi connectivity index (χ2v) is 6.37.